The molecule has 0 aliphatic rings. The van der Waals surface area contributed by atoms with Gasteiger partial charge in [0.05, 0.1) is 44.1 Å². The molecular weight excluding hydrogens is 717 g/mol. The number of benzene rings is 9. The molecule has 0 aliphatic heterocycles. The molecule has 0 unspecified atom stereocenters. The molecule has 4 heteroatoms. The summed E-state index contributed by atoms with van der Waals surface area (Å²) in [4.78, 5) is 5.79. The van der Waals surface area contributed by atoms with E-state index in [0.717, 1.165) is 16.7 Å². The number of aromatic nitrogens is 4. The minimum absolute atomic E-state index is 1.00. The first-order valence-electron chi connectivity index (χ1n) is 20.4. The fraction of sp³-hybridized carbons (Fsp3) is 0. The van der Waals surface area contributed by atoms with Gasteiger partial charge in [-0.3, -0.25) is 4.40 Å². The molecular formula is C55H30N4. The van der Waals surface area contributed by atoms with Crippen molar-refractivity contribution in [2.45, 2.75) is 0 Å². The number of nitrogens with zero attached hydrogens (tertiary/aromatic N) is 4. The molecule has 6 heterocycles. The zero-order valence-electron chi connectivity index (χ0n) is 31.6. The van der Waals surface area contributed by atoms with Gasteiger partial charge in [0, 0.05) is 59.7 Å². The molecule has 4 nitrogen and oxygen atoms in total. The fourth-order valence-electron chi connectivity index (χ4n) is 11.1. The molecule has 0 saturated heterocycles. The Morgan fingerprint density at radius 1 is 0.339 bits per heavy atom. The van der Waals surface area contributed by atoms with Crippen LogP contribution in [0.25, 0.3) is 137 Å². The molecule has 0 aliphatic carbocycles. The molecule has 0 fully saturated rings. The fourth-order valence-corrected chi connectivity index (χ4v) is 11.1. The molecule has 9 aromatic carbocycles. The first kappa shape index (κ1) is 30.2. The number of hydrogen-bond acceptors (Lipinski definition) is 1. The van der Waals surface area contributed by atoms with Crippen LogP contribution in [0.2, 0.25) is 0 Å². The predicted octanol–water partition coefficient (Wildman–Crippen LogP) is 14.5. The van der Waals surface area contributed by atoms with E-state index in [1.165, 1.54) is 120 Å². The Hall–Kier alpha value is -7.95. The molecule has 15 rings (SSSR count). The number of pyridine rings is 1. The van der Waals surface area contributed by atoms with Crippen LogP contribution in [0.4, 0.5) is 0 Å². The zero-order chi connectivity index (χ0) is 38.1. The van der Waals surface area contributed by atoms with Crippen LogP contribution in [-0.2, 0) is 0 Å². The van der Waals surface area contributed by atoms with Crippen molar-refractivity contribution in [3.8, 4) is 16.8 Å². The summed E-state index contributed by atoms with van der Waals surface area (Å²) in [6, 6.07) is 67.2. The van der Waals surface area contributed by atoms with E-state index in [4.69, 9.17) is 4.98 Å². The van der Waals surface area contributed by atoms with Gasteiger partial charge >= 0.3 is 0 Å². The third-order valence-electron chi connectivity index (χ3n) is 13.4. The quantitative estimate of drug-likeness (QED) is 0.173. The molecule has 15 aromatic rings. The maximum absolute atomic E-state index is 5.79. The molecule has 0 spiro atoms. The second kappa shape index (κ2) is 10.5. The van der Waals surface area contributed by atoms with Crippen molar-refractivity contribution in [1.29, 1.82) is 0 Å². The van der Waals surface area contributed by atoms with Crippen LogP contribution in [0.3, 0.4) is 0 Å². The summed E-state index contributed by atoms with van der Waals surface area (Å²) < 4.78 is 7.36. The highest BCUT2D eigenvalue weighted by Gasteiger charge is 2.26. The minimum Gasteiger partial charge on any atom is -0.309 e. The summed E-state index contributed by atoms with van der Waals surface area (Å²) >= 11 is 0. The topological polar surface area (TPSA) is 26.6 Å². The van der Waals surface area contributed by atoms with Crippen LogP contribution in [0, 0.1) is 0 Å². The second-order valence-electron chi connectivity index (χ2n) is 16.3. The van der Waals surface area contributed by atoms with E-state index in [2.05, 4.69) is 195 Å². The normalized spacial score (nSPS) is 12.7. The van der Waals surface area contributed by atoms with Crippen molar-refractivity contribution < 1.29 is 0 Å². The van der Waals surface area contributed by atoms with Gasteiger partial charge in [-0.2, -0.15) is 0 Å². The third-order valence-corrected chi connectivity index (χ3v) is 13.4. The van der Waals surface area contributed by atoms with Gasteiger partial charge in [-0.05, 0) is 75.6 Å². The Bertz CT molecular complexity index is 4300. The molecule has 0 saturated carbocycles. The molecule has 0 amide bonds. The highest BCUT2D eigenvalue weighted by atomic mass is 15.0. The van der Waals surface area contributed by atoms with Crippen molar-refractivity contribution in [1.82, 2.24) is 18.4 Å². The van der Waals surface area contributed by atoms with Crippen LogP contribution in [0.15, 0.2) is 182 Å². The summed E-state index contributed by atoms with van der Waals surface area (Å²) in [6.45, 7) is 0. The highest BCUT2D eigenvalue weighted by Crippen LogP contribution is 2.48. The van der Waals surface area contributed by atoms with Gasteiger partial charge in [-0.25, -0.2) is 4.98 Å². The average Bonchev–Trinajstić information content (AvgIpc) is 4.08. The SMILES string of the molecule is c1ccc(-n2c3ccccc3c3cc(-c4cccc5c6cccc7c8cc9c(nc8n(c45)c76)c4cc5ccccc5c5c6c7ccccc7ccc6n9c45)ccc32)cc1. The predicted molar refractivity (Wildman–Crippen MR) is 248 cm³/mol. The summed E-state index contributed by atoms with van der Waals surface area (Å²) in [5, 5.41) is 16.3. The Morgan fingerprint density at radius 3 is 1.86 bits per heavy atom. The summed E-state index contributed by atoms with van der Waals surface area (Å²) in [5.41, 5.74) is 14.1. The number of fused-ring (bicyclic) bond motifs is 19. The third kappa shape index (κ3) is 3.60. The molecule has 0 radical (unpaired) electrons. The van der Waals surface area contributed by atoms with Crippen LogP contribution in [0.5, 0.6) is 0 Å². The molecule has 270 valence electrons. The number of rotatable bonds is 2. The summed E-state index contributed by atoms with van der Waals surface area (Å²) in [7, 11) is 0. The summed E-state index contributed by atoms with van der Waals surface area (Å²) in [5.74, 6) is 0. The van der Waals surface area contributed by atoms with E-state index >= 15 is 0 Å². The van der Waals surface area contributed by atoms with Gasteiger partial charge < -0.3 is 8.97 Å². The second-order valence-corrected chi connectivity index (χ2v) is 16.3. The average molecular weight is 747 g/mol. The summed E-state index contributed by atoms with van der Waals surface area (Å²) in [6.07, 6.45) is 0. The van der Waals surface area contributed by atoms with Crippen molar-refractivity contribution in [3.63, 3.8) is 0 Å². The first-order valence-corrected chi connectivity index (χ1v) is 20.4. The van der Waals surface area contributed by atoms with Gasteiger partial charge in [0.25, 0.3) is 0 Å². The molecule has 6 aromatic heterocycles. The van der Waals surface area contributed by atoms with Crippen LogP contribution in [0.1, 0.15) is 0 Å². The van der Waals surface area contributed by atoms with E-state index in [9.17, 15) is 0 Å². The smallest absolute Gasteiger partial charge is 0.146 e. The van der Waals surface area contributed by atoms with Crippen LogP contribution >= 0.6 is 0 Å². The van der Waals surface area contributed by atoms with E-state index in [-0.39, 0.29) is 0 Å². The minimum atomic E-state index is 1.00. The largest absolute Gasteiger partial charge is 0.309 e. The lowest BCUT2D eigenvalue weighted by molar-refractivity contribution is 1.18. The first-order chi connectivity index (χ1) is 29.3. The molecule has 0 bridgehead atoms. The Labute approximate surface area is 335 Å². The maximum Gasteiger partial charge on any atom is 0.146 e. The Balaban J connectivity index is 1.08. The van der Waals surface area contributed by atoms with Crippen molar-refractivity contribution >= 4 is 120 Å². The van der Waals surface area contributed by atoms with Crippen molar-refractivity contribution in [3.05, 3.63) is 182 Å². The van der Waals surface area contributed by atoms with E-state index in [0.29, 0.717) is 0 Å². The van der Waals surface area contributed by atoms with Gasteiger partial charge in [0.15, 0.2) is 0 Å². The Kier molecular flexibility index (Phi) is 5.38. The molecule has 0 atom stereocenters. The monoisotopic (exact) mass is 746 g/mol. The van der Waals surface area contributed by atoms with Crippen molar-refractivity contribution in [2.24, 2.45) is 0 Å². The standard InChI is InChI=1S/C55H30N4/c1-2-14-34(15-3-1)57-45-23-9-8-18-38(45)42-28-33(25-26-46(42)57)37-19-10-20-39-40-21-11-22-41-43-30-48-51(56-55(43)59(52(37)39)53(40)41)44-29-32-13-5-7-17-36(32)50-49-35-16-6-4-12-31(35)24-27-47(49)58(48)54(44)50/h1-30H. The van der Waals surface area contributed by atoms with Gasteiger partial charge in [-0.15, -0.1) is 0 Å². The highest BCUT2D eigenvalue weighted by molar-refractivity contribution is 6.36. The van der Waals surface area contributed by atoms with E-state index in [1.54, 1.807) is 0 Å². The Morgan fingerprint density at radius 2 is 1.00 bits per heavy atom. The number of hydrogen-bond donors (Lipinski definition) is 0. The molecule has 59 heavy (non-hydrogen) atoms. The van der Waals surface area contributed by atoms with E-state index in [1.807, 2.05) is 0 Å². The zero-order valence-corrected chi connectivity index (χ0v) is 31.6. The number of para-hydroxylation sites is 4. The van der Waals surface area contributed by atoms with Gasteiger partial charge in [0.1, 0.15) is 5.65 Å². The lowest BCUT2D eigenvalue weighted by Gasteiger charge is -2.09. The molecule has 0 N–H and O–H groups in total. The van der Waals surface area contributed by atoms with Gasteiger partial charge in [-0.1, -0.05) is 133 Å². The van der Waals surface area contributed by atoms with E-state index < -0.39 is 0 Å². The van der Waals surface area contributed by atoms with Gasteiger partial charge in [0.2, 0.25) is 0 Å². The lowest BCUT2D eigenvalue weighted by atomic mass is 9.98. The van der Waals surface area contributed by atoms with Crippen molar-refractivity contribution in [2.75, 3.05) is 0 Å². The lowest BCUT2D eigenvalue weighted by Crippen LogP contribution is -1.93. The maximum atomic E-state index is 5.79. The van der Waals surface area contributed by atoms with Crippen LogP contribution < -0.4 is 0 Å². The van der Waals surface area contributed by atoms with Crippen LogP contribution in [-0.4, -0.2) is 18.4 Å².